The van der Waals surface area contributed by atoms with Crippen LogP contribution < -0.4 is 9.64 Å². The van der Waals surface area contributed by atoms with Crippen LogP contribution in [-0.4, -0.2) is 49.5 Å². The standard InChI is InChI=1S/C17H18N2O4/c1-22-15-6-14(12-4-2-3-5-13(12)18-15)19-7-11-8-23-10-17(11,9-19)16(20)21/h2-6,11H,7-10H2,1H3,(H,20,21)/t11-,17-/m1/s1. The second-order valence-corrected chi connectivity index (χ2v) is 6.25. The minimum Gasteiger partial charge on any atom is -0.481 e. The molecule has 2 fully saturated rings. The highest BCUT2D eigenvalue weighted by molar-refractivity contribution is 5.93. The first-order valence-corrected chi connectivity index (χ1v) is 7.64. The van der Waals surface area contributed by atoms with E-state index in [0.717, 1.165) is 16.6 Å². The summed E-state index contributed by atoms with van der Waals surface area (Å²) in [6, 6.07) is 9.74. The molecule has 1 aromatic heterocycles. The first-order chi connectivity index (χ1) is 11.1. The third-order valence-corrected chi connectivity index (χ3v) is 5.02. The molecule has 0 spiro atoms. The van der Waals surface area contributed by atoms with Crippen LogP contribution in [0.1, 0.15) is 0 Å². The van der Waals surface area contributed by atoms with Crippen molar-refractivity contribution in [2.75, 3.05) is 38.3 Å². The number of anilines is 1. The van der Waals surface area contributed by atoms with Gasteiger partial charge in [-0.25, -0.2) is 4.98 Å². The Morgan fingerprint density at radius 1 is 1.48 bits per heavy atom. The summed E-state index contributed by atoms with van der Waals surface area (Å²) in [6.07, 6.45) is 0. The number of hydrogen-bond acceptors (Lipinski definition) is 5. The fourth-order valence-electron chi connectivity index (χ4n) is 3.72. The number of aromatic nitrogens is 1. The highest BCUT2D eigenvalue weighted by Gasteiger charge is 2.56. The lowest BCUT2D eigenvalue weighted by molar-refractivity contribution is -0.149. The molecule has 1 N–H and O–H groups in total. The summed E-state index contributed by atoms with van der Waals surface area (Å²) in [5.74, 6) is -0.220. The van der Waals surface area contributed by atoms with Crippen molar-refractivity contribution in [2.24, 2.45) is 11.3 Å². The van der Waals surface area contributed by atoms with Gasteiger partial charge in [-0.15, -0.1) is 0 Å². The van der Waals surface area contributed by atoms with Crippen LogP contribution in [0, 0.1) is 11.3 Å². The van der Waals surface area contributed by atoms with E-state index < -0.39 is 11.4 Å². The van der Waals surface area contributed by atoms with Crippen molar-refractivity contribution in [1.82, 2.24) is 4.98 Å². The Morgan fingerprint density at radius 2 is 2.30 bits per heavy atom. The molecule has 2 aliphatic rings. The molecule has 3 heterocycles. The van der Waals surface area contributed by atoms with Crippen LogP contribution in [-0.2, 0) is 9.53 Å². The maximum atomic E-state index is 11.8. The number of carboxylic acid groups (broad SMARTS) is 1. The van der Waals surface area contributed by atoms with Crippen molar-refractivity contribution in [3.05, 3.63) is 30.3 Å². The second kappa shape index (κ2) is 5.09. The first-order valence-electron chi connectivity index (χ1n) is 7.64. The number of rotatable bonds is 3. The van der Waals surface area contributed by atoms with Gasteiger partial charge in [-0.1, -0.05) is 18.2 Å². The van der Waals surface area contributed by atoms with Crippen LogP contribution >= 0.6 is 0 Å². The van der Waals surface area contributed by atoms with Crippen LogP contribution in [0.25, 0.3) is 10.9 Å². The molecule has 4 rings (SSSR count). The maximum absolute atomic E-state index is 11.8. The third-order valence-electron chi connectivity index (χ3n) is 5.02. The van der Waals surface area contributed by atoms with Crippen LogP contribution in [0.4, 0.5) is 5.69 Å². The molecule has 6 heteroatoms. The molecule has 23 heavy (non-hydrogen) atoms. The molecule has 6 nitrogen and oxygen atoms in total. The molecule has 0 unspecified atom stereocenters. The first kappa shape index (κ1) is 14.3. The zero-order chi connectivity index (χ0) is 16.0. The molecule has 0 aliphatic carbocycles. The van der Waals surface area contributed by atoms with E-state index in [1.807, 2.05) is 30.3 Å². The number of aliphatic carboxylic acids is 1. The number of nitrogens with zero attached hydrogens (tertiary/aromatic N) is 2. The third kappa shape index (κ3) is 2.05. The van der Waals surface area contributed by atoms with Gasteiger partial charge in [0.15, 0.2) is 0 Å². The Hall–Kier alpha value is -2.34. The molecule has 0 amide bonds. The van der Waals surface area contributed by atoms with E-state index in [4.69, 9.17) is 9.47 Å². The Labute approximate surface area is 133 Å². The van der Waals surface area contributed by atoms with Crippen molar-refractivity contribution in [3.8, 4) is 5.88 Å². The lowest BCUT2D eigenvalue weighted by Crippen LogP contribution is -2.39. The molecule has 2 atom stereocenters. The monoisotopic (exact) mass is 314 g/mol. The smallest absolute Gasteiger partial charge is 0.314 e. The number of para-hydroxylation sites is 1. The number of carboxylic acids is 1. The maximum Gasteiger partial charge on any atom is 0.314 e. The summed E-state index contributed by atoms with van der Waals surface area (Å²) in [5, 5.41) is 10.7. The highest BCUT2D eigenvalue weighted by atomic mass is 16.5. The minimum atomic E-state index is -0.808. The van der Waals surface area contributed by atoms with Crippen molar-refractivity contribution < 1.29 is 19.4 Å². The van der Waals surface area contributed by atoms with Gasteiger partial charge in [0, 0.05) is 30.5 Å². The van der Waals surface area contributed by atoms with Crippen molar-refractivity contribution in [2.45, 2.75) is 0 Å². The van der Waals surface area contributed by atoms with Crippen molar-refractivity contribution >= 4 is 22.6 Å². The van der Waals surface area contributed by atoms with E-state index in [0.29, 0.717) is 25.6 Å². The van der Waals surface area contributed by atoms with Crippen LogP contribution in [0.15, 0.2) is 30.3 Å². The second-order valence-electron chi connectivity index (χ2n) is 6.25. The predicted molar refractivity (Wildman–Crippen MR) is 84.9 cm³/mol. The number of hydrogen-bond donors (Lipinski definition) is 1. The summed E-state index contributed by atoms with van der Waals surface area (Å²) < 4.78 is 10.8. The van der Waals surface area contributed by atoms with Gasteiger partial charge in [-0.05, 0) is 6.07 Å². The van der Waals surface area contributed by atoms with E-state index in [1.54, 1.807) is 7.11 Å². The Kier molecular flexibility index (Phi) is 3.16. The topological polar surface area (TPSA) is 71.9 Å². The van der Waals surface area contributed by atoms with E-state index in [2.05, 4.69) is 9.88 Å². The van der Waals surface area contributed by atoms with Gasteiger partial charge in [0.2, 0.25) is 5.88 Å². The zero-order valence-corrected chi connectivity index (χ0v) is 12.9. The van der Waals surface area contributed by atoms with Gasteiger partial charge in [-0.2, -0.15) is 0 Å². The molecule has 120 valence electrons. The fraction of sp³-hybridized carbons (Fsp3) is 0.412. The van der Waals surface area contributed by atoms with Crippen LogP contribution in [0.3, 0.4) is 0 Å². The molecule has 0 bridgehead atoms. The van der Waals surface area contributed by atoms with Gasteiger partial charge in [0.05, 0.1) is 31.5 Å². The minimum absolute atomic E-state index is 0.0120. The van der Waals surface area contributed by atoms with Crippen molar-refractivity contribution in [1.29, 1.82) is 0 Å². The van der Waals surface area contributed by atoms with E-state index in [1.165, 1.54) is 0 Å². The number of benzene rings is 1. The van der Waals surface area contributed by atoms with Gasteiger partial charge in [-0.3, -0.25) is 4.79 Å². The van der Waals surface area contributed by atoms with Crippen molar-refractivity contribution in [3.63, 3.8) is 0 Å². The Balaban J connectivity index is 1.80. The van der Waals surface area contributed by atoms with Gasteiger partial charge in [0.1, 0.15) is 5.41 Å². The number of fused-ring (bicyclic) bond motifs is 2. The molecular formula is C17H18N2O4. The molecule has 0 radical (unpaired) electrons. The summed E-state index contributed by atoms with van der Waals surface area (Å²) in [4.78, 5) is 18.4. The SMILES string of the molecule is COc1cc(N2C[C@@H]3COC[C@]3(C(=O)O)C2)c2ccccc2n1. The average Bonchev–Trinajstić information content (AvgIpc) is 3.12. The number of methoxy groups -OCH3 is 1. The molecule has 2 saturated heterocycles. The highest BCUT2D eigenvalue weighted by Crippen LogP contribution is 2.44. The molecule has 2 aromatic rings. The number of pyridine rings is 1. The van der Waals surface area contributed by atoms with E-state index >= 15 is 0 Å². The van der Waals surface area contributed by atoms with E-state index in [9.17, 15) is 9.90 Å². The molecule has 2 aliphatic heterocycles. The normalized spacial score (nSPS) is 26.5. The number of carbonyl (C=O) groups is 1. The zero-order valence-electron chi connectivity index (χ0n) is 12.9. The summed E-state index contributed by atoms with van der Waals surface area (Å²) >= 11 is 0. The molecule has 0 saturated carbocycles. The van der Waals surface area contributed by atoms with Gasteiger partial charge >= 0.3 is 5.97 Å². The number of ether oxygens (including phenoxy) is 2. The Morgan fingerprint density at radius 3 is 3.04 bits per heavy atom. The fourth-order valence-corrected chi connectivity index (χ4v) is 3.72. The summed E-state index contributed by atoms with van der Waals surface area (Å²) in [7, 11) is 1.59. The van der Waals surface area contributed by atoms with E-state index in [-0.39, 0.29) is 12.5 Å². The van der Waals surface area contributed by atoms with Gasteiger partial charge < -0.3 is 19.5 Å². The lowest BCUT2D eigenvalue weighted by Gasteiger charge is -2.24. The lowest BCUT2D eigenvalue weighted by atomic mass is 9.81. The molecule has 1 aromatic carbocycles. The van der Waals surface area contributed by atoms with Crippen LogP contribution in [0.2, 0.25) is 0 Å². The average molecular weight is 314 g/mol. The quantitative estimate of drug-likeness (QED) is 0.931. The summed E-state index contributed by atoms with van der Waals surface area (Å²) in [5.41, 5.74) is 1.01. The van der Waals surface area contributed by atoms with Gasteiger partial charge in [0.25, 0.3) is 0 Å². The predicted octanol–water partition coefficient (Wildman–Crippen LogP) is 1.78. The largest absolute Gasteiger partial charge is 0.481 e. The Bertz CT molecular complexity index is 778. The summed E-state index contributed by atoms with van der Waals surface area (Å²) in [6.45, 7) is 1.90. The van der Waals surface area contributed by atoms with Crippen LogP contribution in [0.5, 0.6) is 5.88 Å². The molecular weight excluding hydrogens is 296 g/mol.